The summed E-state index contributed by atoms with van der Waals surface area (Å²) in [5, 5.41) is 11.4. The lowest BCUT2D eigenvalue weighted by atomic mass is 10.1. The molecule has 0 bridgehead atoms. The average Bonchev–Trinajstić information content (AvgIpc) is 2.88. The summed E-state index contributed by atoms with van der Waals surface area (Å²) >= 11 is 1.48. The van der Waals surface area contributed by atoms with Crippen LogP contribution in [0.2, 0.25) is 0 Å². The minimum Gasteiger partial charge on any atom is -0.486 e. The van der Waals surface area contributed by atoms with Crippen LogP contribution in [0.5, 0.6) is 11.5 Å². The number of benzene rings is 3. The molecule has 0 fully saturated rings. The minimum absolute atomic E-state index is 0.540. The van der Waals surface area contributed by atoms with Gasteiger partial charge in [-0.25, -0.2) is 0 Å². The van der Waals surface area contributed by atoms with Crippen molar-refractivity contribution in [1.29, 1.82) is 0 Å². The molecule has 3 aromatic carbocycles. The van der Waals surface area contributed by atoms with Crippen LogP contribution >= 0.6 is 11.8 Å². The fraction of sp³-hybridized carbons (Fsp3) is 0.250. The molecule has 1 aliphatic heterocycles. The Morgan fingerprint density at radius 1 is 1.00 bits per heavy atom. The summed E-state index contributed by atoms with van der Waals surface area (Å²) in [5.41, 5.74) is 3.23. The molecule has 0 radical (unpaired) electrons. The Labute approximate surface area is 205 Å². The van der Waals surface area contributed by atoms with Gasteiger partial charge in [0.25, 0.3) is 0 Å². The van der Waals surface area contributed by atoms with Crippen molar-refractivity contribution < 1.29 is 14.6 Å². The first-order valence-corrected chi connectivity index (χ1v) is 12.3. The Balaban J connectivity index is 1.59. The second-order valence-electron chi connectivity index (χ2n) is 8.02. The molecule has 176 valence electrons. The third-order valence-electron chi connectivity index (χ3n) is 5.42. The number of rotatable bonds is 7. The molecule has 1 unspecified atom stereocenters. The molecule has 1 atom stereocenters. The summed E-state index contributed by atoms with van der Waals surface area (Å²) in [5.74, 6) is 1.48. The van der Waals surface area contributed by atoms with Gasteiger partial charge in [-0.2, -0.15) is 0 Å². The van der Waals surface area contributed by atoms with Crippen LogP contribution in [0.1, 0.15) is 18.1 Å². The van der Waals surface area contributed by atoms with Crippen LogP contribution in [0.15, 0.2) is 88.8 Å². The molecule has 6 heteroatoms. The number of hydrogen-bond acceptors (Lipinski definition) is 5. The largest absolute Gasteiger partial charge is 0.486 e. The Morgan fingerprint density at radius 3 is 2.38 bits per heavy atom. The molecular weight excluding hydrogens is 444 g/mol. The number of amidine groups is 1. The predicted molar refractivity (Wildman–Crippen MR) is 142 cm³/mol. The molecule has 4 rings (SSSR count). The van der Waals surface area contributed by atoms with E-state index in [4.69, 9.17) is 14.5 Å². The van der Waals surface area contributed by atoms with E-state index >= 15 is 0 Å². The maximum Gasteiger partial charge on any atom is 0.168 e. The second kappa shape index (κ2) is 11.8. The summed E-state index contributed by atoms with van der Waals surface area (Å²) in [7, 11) is 2.01. The maximum atomic E-state index is 10.6. The maximum absolute atomic E-state index is 10.6. The van der Waals surface area contributed by atoms with Crippen LogP contribution < -0.4 is 14.4 Å². The first kappa shape index (κ1) is 23.9. The van der Waals surface area contributed by atoms with Crippen LogP contribution in [0.25, 0.3) is 6.08 Å². The SMILES string of the molecule is CC(O)/C(=C/c1ccc2c(c1)OCCO2)S/C(=N\CCc1ccccc1)N(C)c1ccccc1. The molecule has 34 heavy (non-hydrogen) atoms. The number of hydrogen-bond donors (Lipinski definition) is 1. The third kappa shape index (κ3) is 6.43. The number of thioether (sulfide) groups is 1. The Morgan fingerprint density at radius 2 is 1.68 bits per heavy atom. The smallest absolute Gasteiger partial charge is 0.168 e. The van der Waals surface area contributed by atoms with Gasteiger partial charge in [-0.05, 0) is 54.8 Å². The van der Waals surface area contributed by atoms with Crippen molar-refractivity contribution >= 4 is 28.7 Å². The highest BCUT2D eigenvalue weighted by molar-refractivity contribution is 8.17. The fourth-order valence-corrected chi connectivity index (χ4v) is 4.52. The van der Waals surface area contributed by atoms with Gasteiger partial charge in [0.1, 0.15) is 13.2 Å². The zero-order valence-corrected chi connectivity index (χ0v) is 20.4. The van der Waals surface area contributed by atoms with E-state index < -0.39 is 6.10 Å². The van der Waals surface area contributed by atoms with E-state index in [1.54, 1.807) is 6.92 Å². The summed E-state index contributed by atoms with van der Waals surface area (Å²) in [6.45, 7) is 3.53. The van der Waals surface area contributed by atoms with Crippen LogP contribution in [0.3, 0.4) is 0 Å². The van der Waals surface area contributed by atoms with Gasteiger partial charge in [0.05, 0.1) is 6.10 Å². The molecule has 3 aromatic rings. The minimum atomic E-state index is -0.651. The quantitative estimate of drug-likeness (QED) is 0.354. The molecule has 1 aliphatic rings. The van der Waals surface area contributed by atoms with Gasteiger partial charge in [-0.3, -0.25) is 4.99 Å². The van der Waals surface area contributed by atoms with Crippen molar-refractivity contribution in [2.75, 3.05) is 31.7 Å². The number of anilines is 1. The molecule has 0 amide bonds. The number of aliphatic hydroxyl groups excluding tert-OH is 1. The van der Waals surface area contributed by atoms with Crippen molar-refractivity contribution in [3.8, 4) is 11.5 Å². The van der Waals surface area contributed by atoms with Crippen molar-refractivity contribution in [3.05, 3.63) is 94.9 Å². The van der Waals surface area contributed by atoms with E-state index in [1.807, 2.05) is 67.7 Å². The Bertz CT molecular complexity index is 1130. The average molecular weight is 475 g/mol. The van der Waals surface area contributed by atoms with Gasteiger partial charge < -0.3 is 19.5 Å². The summed E-state index contributed by atoms with van der Waals surface area (Å²) < 4.78 is 11.4. The predicted octanol–water partition coefficient (Wildman–Crippen LogP) is 5.65. The van der Waals surface area contributed by atoms with Gasteiger partial charge in [0.2, 0.25) is 0 Å². The molecular formula is C28H30N2O3S. The van der Waals surface area contributed by atoms with Crippen molar-refractivity contribution in [3.63, 3.8) is 0 Å². The van der Waals surface area contributed by atoms with Gasteiger partial charge >= 0.3 is 0 Å². The first-order chi connectivity index (χ1) is 16.6. The zero-order valence-electron chi connectivity index (χ0n) is 19.6. The molecule has 0 aliphatic carbocycles. The summed E-state index contributed by atoms with van der Waals surface area (Å²) in [6.07, 6.45) is 2.18. The first-order valence-electron chi connectivity index (χ1n) is 11.4. The molecule has 0 aromatic heterocycles. The van der Waals surface area contributed by atoms with Gasteiger partial charge in [0.15, 0.2) is 16.7 Å². The lowest BCUT2D eigenvalue weighted by Crippen LogP contribution is -2.25. The van der Waals surface area contributed by atoms with E-state index in [9.17, 15) is 5.11 Å². The van der Waals surface area contributed by atoms with Crippen molar-refractivity contribution in [2.45, 2.75) is 19.4 Å². The molecule has 0 spiro atoms. The highest BCUT2D eigenvalue weighted by Gasteiger charge is 2.17. The summed E-state index contributed by atoms with van der Waals surface area (Å²) in [6, 6.07) is 26.3. The molecule has 1 heterocycles. The molecule has 0 saturated carbocycles. The van der Waals surface area contributed by atoms with Crippen molar-refractivity contribution in [2.24, 2.45) is 4.99 Å². The van der Waals surface area contributed by atoms with E-state index in [0.717, 1.165) is 39.2 Å². The zero-order chi connectivity index (χ0) is 23.8. The highest BCUT2D eigenvalue weighted by atomic mass is 32.2. The van der Waals surface area contributed by atoms with Crippen LogP contribution in [0, 0.1) is 0 Å². The van der Waals surface area contributed by atoms with Gasteiger partial charge in [-0.1, -0.05) is 66.4 Å². The van der Waals surface area contributed by atoms with E-state index in [0.29, 0.717) is 19.8 Å². The highest BCUT2D eigenvalue weighted by Crippen LogP contribution is 2.33. The number of aliphatic hydroxyl groups is 1. The standard InChI is InChI=1S/C28H30N2O3S/c1-21(31)27(20-23-13-14-25-26(19-23)33-18-17-32-25)34-28(30(2)24-11-7-4-8-12-24)29-16-15-22-9-5-3-6-10-22/h3-14,19-21,31H,15-18H2,1-2H3/b27-20-,29-28-. The third-order valence-corrected chi connectivity index (χ3v) is 6.70. The summed E-state index contributed by atoms with van der Waals surface area (Å²) in [4.78, 5) is 7.81. The fourth-order valence-electron chi connectivity index (χ4n) is 3.55. The molecule has 1 N–H and O–H groups in total. The number of ether oxygens (including phenoxy) is 2. The second-order valence-corrected chi connectivity index (χ2v) is 9.06. The lowest BCUT2D eigenvalue weighted by Gasteiger charge is -2.23. The molecule has 0 saturated heterocycles. The Kier molecular flexibility index (Phi) is 8.28. The Hall–Kier alpha value is -3.22. The van der Waals surface area contributed by atoms with E-state index in [1.165, 1.54) is 17.3 Å². The van der Waals surface area contributed by atoms with Crippen molar-refractivity contribution in [1.82, 2.24) is 0 Å². The van der Waals surface area contributed by atoms with Crippen LogP contribution in [-0.4, -0.2) is 43.2 Å². The number of para-hydroxylation sites is 1. The van der Waals surface area contributed by atoms with Crippen LogP contribution in [0.4, 0.5) is 5.69 Å². The number of nitrogens with zero attached hydrogens (tertiary/aromatic N) is 2. The molecule has 5 nitrogen and oxygen atoms in total. The number of aliphatic imine (C=N–C) groups is 1. The number of fused-ring (bicyclic) bond motifs is 1. The van der Waals surface area contributed by atoms with Gasteiger partial charge in [-0.15, -0.1) is 0 Å². The lowest BCUT2D eigenvalue weighted by molar-refractivity contribution is 0.171. The van der Waals surface area contributed by atoms with Crippen LogP contribution in [-0.2, 0) is 6.42 Å². The van der Waals surface area contributed by atoms with Gasteiger partial charge in [0, 0.05) is 24.2 Å². The van der Waals surface area contributed by atoms with E-state index in [-0.39, 0.29) is 0 Å². The normalized spacial score (nSPS) is 14.6. The monoisotopic (exact) mass is 474 g/mol. The van der Waals surface area contributed by atoms with E-state index in [2.05, 4.69) is 29.2 Å². The topological polar surface area (TPSA) is 54.3 Å².